The van der Waals surface area contributed by atoms with Crippen LogP contribution >= 0.6 is 0 Å². The van der Waals surface area contributed by atoms with E-state index in [0.29, 0.717) is 24.0 Å². The van der Waals surface area contributed by atoms with E-state index in [1.807, 2.05) is 6.92 Å². The van der Waals surface area contributed by atoms with Gasteiger partial charge in [-0.1, -0.05) is 0 Å². The normalized spacial score (nSPS) is 12.2. The lowest BCUT2D eigenvalue weighted by molar-refractivity contribution is -0.129. The van der Waals surface area contributed by atoms with Crippen molar-refractivity contribution in [1.82, 2.24) is 25.1 Å². The van der Waals surface area contributed by atoms with Crippen molar-refractivity contribution in [2.75, 3.05) is 31.3 Å². The van der Waals surface area contributed by atoms with E-state index in [1.54, 1.807) is 27.2 Å². The molecule has 2 aromatic heterocycles. The largest absolute Gasteiger partial charge is 0.358 e. The number of carbonyl (C=O) groups is 1. The summed E-state index contributed by atoms with van der Waals surface area (Å²) in [4.78, 5) is 22.1. The summed E-state index contributed by atoms with van der Waals surface area (Å²) in [6.07, 6.45) is 1.64. The Morgan fingerprint density at radius 1 is 1.45 bits per heavy atom. The van der Waals surface area contributed by atoms with Gasteiger partial charge in [0.05, 0.1) is 11.6 Å². The minimum atomic E-state index is -0.382. The number of aromatic nitrogens is 4. The summed E-state index contributed by atoms with van der Waals surface area (Å²) in [5.74, 6) is 1.06. The van der Waals surface area contributed by atoms with Crippen LogP contribution in [0.25, 0.3) is 11.0 Å². The molecule has 0 aliphatic rings. The number of aromatic amines is 1. The molecule has 8 heteroatoms. The number of nitrogens with one attached hydrogen (secondary N) is 3. The maximum atomic E-state index is 11.9. The molecule has 1 atom stereocenters. The smallest absolute Gasteiger partial charge is 0.244 e. The molecule has 20 heavy (non-hydrogen) atoms. The second-order valence-electron chi connectivity index (χ2n) is 4.66. The number of fused-ring (bicyclic) bond motifs is 1. The first-order valence-electron chi connectivity index (χ1n) is 6.45. The average molecular weight is 277 g/mol. The summed E-state index contributed by atoms with van der Waals surface area (Å²) in [7, 11) is 3.44. The molecule has 0 spiro atoms. The molecule has 2 aromatic rings. The molecule has 0 aromatic carbocycles. The van der Waals surface area contributed by atoms with E-state index >= 15 is 0 Å². The first kappa shape index (κ1) is 14.0. The van der Waals surface area contributed by atoms with E-state index in [1.165, 1.54) is 4.90 Å². The molecule has 0 saturated heterocycles. The fraction of sp³-hybridized carbons (Fsp3) is 0.500. The quantitative estimate of drug-likeness (QED) is 0.743. The monoisotopic (exact) mass is 277 g/mol. The number of amides is 1. The number of H-pyrrole nitrogens is 1. The molecule has 0 saturated carbocycles. The van der Waals surface area contributed by atoms with Crippen LogP contribution in [0.5, 0.6) is 0 Å². The van der Waals surface area contributed by atoms with Crippen LogP contribution in [0.2, 0.25) is 0 Å². The summed E-state index contributed by atoms with van der Waals surface area (Å²) in [5.41, 5.74) is 0.628. The average Bonchev–Trinajstić information content (AvgIpc) is 2.86. The van der Waals surface area contributed by atoms with Crippen molar-refractivity contribution in [3.05, 3.63) is 6.20 Å². The Hall–Kier alpha value is -2.38. The van der Waals surface area contributed by atoms with Crippen molar-refractivity contribution >= 4 is 28.7 Å². The van der Waals surface area contributed by atoms with Gasteiger partial charge < -0.3 is 15.5 Å². The lowest BCUT2D eigenvalue weighted by Gasteiger charge is -2.19. The summed E-state index contributed by atoms with van der Waals surface area (Å²) in [6.45, 7) is 4.47. The minimum Gasteiger partial charge on any atom is -0.358 e. The molecular formula is C12H19N7O. The highest BCUT2D eigenvalue weighted by atomic mass is 16.2. The Kier molecular flexibility index (Phi) is 4.02. The van der Waals surface area contributed by atoms with E-state index in [4.69, 9.17) is 0 Å². The van der Waals surface area contributed by atoms with Gasteiger partial charge in [-0.25, -0.2) is 0 Å². The first-order valence-corrected chi connectivity index (χ1v) is 6.45. The molecule has 1 unspecified atom stereocenters. The van der Waals surface area contributed by atoms with Crippen LogP contribution in [-0.4, -0.2) is 57.7 Å². The van der Waals surface area contributed by atoms with E-state index in [0.717, 1.165) is 5.39 Å². The predicted octanol–water partition coefficient (Wildman–Crippen LogP) is 0.673. The summed E-state index contributed by atoms with van der Waals surface area (Å²) >= 11 is 0. The molecule has 108 valence electrons. The molecule has 0 radical (unpaired) electrons. The molecule has 3 N–H and O–H groups in total. The first-order chi connectivity index (χ1) is 9.52. The Bertz CT molecular complexity index is 607. The summed E-state index contributed by atoms with van der Waals surface area (Å²) < 4.78 is 0. The van der Waals surface area contributed by atoms with Crippen LogP contribution in [-0.2, 0) is 4.79 Å². The van der Waals surface area contributed by atoms with Crippen molar-refractivity contribution in [2.45, 2.75) is 19.9 Å². The Morgan fingerprint density at radius 3 is 2.85 bits per heavy atom. The van der Waals surface area contributed by atoms with Gasteiger partial charge in [0, 0.05) is 20.6 Å². The fourth-order valence-electron chi connectivity index (χ4n) is 1.84. The molecule has 0 bridgehead atoms. The minimum absolute atomic E-state index is 0.0229. The van der Waals surface area contributed by atoms with Gasteiger partial charge in [0.25, 0.3) is 0 Å². The second kappa shape index (κ2) is 5.72. The molecule has 2 rings (SSSR count). The number of nitrogens with zero attached hydrogens (tertiary/aromatic N) is 4. The predicted molar refractivity (Wildman–Crippen MR) is 77.6 cm³/mol. The highest BCUT2D eigenvalue weighted by molar-refractivity contribution is 5.90. The summed E-state index contributed by atoms with van der Waals surface area (Å²) in [6, 6.07) is -0.382. The zero-order valence-corrected chi connectivity index (χ0v) is 12.1. The van der Waals surface area contributed by atoms with Crippen molar-refractivity contribution in [3.63, 3.8) is 0 Å². The maximum absolute atomic E-state index is 11.9. The van der Waals surface area contributed by atoms with Gasteiger partial charge in [0.1, 0.15) is 11.9 Å². The third kappa shape index (κ3) is 2.79. The number of anilines is 2. The molecule has 0 fully saturated rings. The van der Waals surface area contributed by atoms with Crippen molar-refractivity contribution in [3.8, 4) is 0 Å². The van der Waals surface area contributed by atoms with Crippen molar-refractivity contribution in [1.29, 1.82) is 0 Å². The lowest BCUT2D eigenvalue weighted by atomic mass is 10.3. The van der Waals surface area contributed by atoms with E-state index in [-0.39, 0.29) is 11.9 Å². The number of hydrogen-bond acceptors (Lipinski definition) is 6. The van der Waals surface area contributed by atoms with E-state index in [2.05, 4.69) is 30.8 Å². The van der Waals surface area contributed by atoms with Crippen LogP contribution in [0.15, 0.2) is 6.20 Å². The Morgan fingerprint density at radius 2 is 2.20 bits per heavy atom. The molecule has 2 heterocycles. The zero-order chi connectivity index (χ0) is 14.7. The topological polar surface area (TPSA) is 98.8 Å². The van der Waals surface area contributed by atoms with Crippen LogP contribution in [0.1, 0.15) is 13.8 Å². The van der Waals surface area contributed by atoms with Gasteiger partial charge in [-0.15, -0.1) is 0 Å². The number of carbonyl (C=O) groups excluding carboxylic acids is 1. The lowest BCUT2D eigenvalue weighted by Crippen LogP contribution is -2.36. The highest BCUT2D eigenvalue weighted by Gasteiger charge is 2.17. The van der Waals surface area contributed by atoms with Gasteiger partial charge >= 0.3 is 0 Å². The van der Waals surface area contributed by atoms with Gasteiger partial charge in [0.15, 0.2) is 5.65 Å². The van der Waals surface area contributed by atoms with Gasteiger partial charge in [-0.2, -0.15) is 15.1 Å². The molecule has 0 aliphatic carbocycles. The molecular weight excluding hydrogens is 258 g/mol. The van der Waals surface area contributed by atoms with Gasteiger partial charge in [-0.3, -0.25) is 9.89 Å². The number of rotatable bonds is 5. The van der Waals surface area contributed by atoms with Crippen LogP contribution in [0.3, 0.4) is 0 Å². The number of hydrogen-bond donors (Lipinski definition) is 3. The van der Waals surface area contributed by atoms with E-state index in [9.17, 15) is 4.79 Å². The zero-order valence-electron chi connectivity index (χ0n) is 12.1. The summed E-state index contributed by atoms with van der Waals surface area (Å²) in [5, 5.41) is 13.7. The van der Waals surface area contributed by atoms with Crippen LogP contribution < -0.4 is 10.6 Å². The van der Waals surface area contributed by atoms with Crippen molar-refractivity contribution in [2.24, 2.45) is 0 Å². The molecule has 8 nitrogen and oxygen atoms in total. The Balaban J connectivity index is 2.32. The molecule has 0 aliphatic heterocycles. The van der Waals surface area contributed by atoms with Crippen LogP contribution in [0, 0.1) is 0 Å². The SMILES string of the molecule is CCNc1nc(NC(C)C(=O)N(C)C)c2cn[nH]c2n1. The molecule has 1 amide bonds. The van der Waals surface area contributed by atoms with Gasteiger partial charge in [0.2, 0.25) is 11.9 Å². The van der Waals surface area contributed by atoms with E-state index < -0.39 is 0 Å². The third-order valence-corrected chi connectivity index (χ3v) is 2.81. The maximum Gasteiger partial charge on any atom is 0.244 e. The van der Waals surface area contributed by atoms with Crippen LogP contribution in [0.4, 0.5) is 11.8 Å². The van der Waals surface area contributed by atoms with Gasteiger partial charge in [-0.05, 0) is 13.8 Å². The Labute approximate surface area is 117 Å². The fourth-order valence-corrected chi connectivity index (χ4v) is 1.84. The standard InChI is InChI=1S/C12H19N7O/c1-5-13-12-16-9(8-6-14-18-10(8)17-12)15-7(2)11(20)19(3)4/h6-7H,5H2,1-4H3,(H3,13,14,15,16,17,18). The number of likely N-dealkylation sites (N-methyl/N-ethyl adjacent to an activating group) is 1. The third-order valence-electron chi connectivity index (χ3n) is 2.81. The highest BCUT2D eigenvalue weighted by Crippen LogP contribution is 2.20. The second-order valence-corrected chi connectivity index (χ2v) is 4.66. The van der Waals surface area contributed by atoms with Crippen molar-refractivity contribution < 1.29 is 4.79 Å².